The Morgan fingerprint density at radius 3 is 1.25 bits per heavy atom. The largest absolute Gasteiger partial charge is 0.462 e. The van der Waals surface area contributed by atoms with Crippen molar-refractivity contribution in [2.24, 2.45) is 0 Å². The number of esters is 1. The Kier molecular flexibility index (Phi) is 51.1. The van der Waals surface area contributed by atoms with E-state index in [1.54, 1.807) is 0 Å². The van der Waals surface area contributed by atoms with Crippen LogP contribution in [-0.4, -0.2) is 46.9 Å². The lowest BCUT2D eigenvalue weighted by molar-refractivity contribution is -0.151. The average Bonchev–Trinajstić information content (AvgIpc) is 3.32. The molecule has 0 radical (unpaired) electrons. The van der Waals surface area contributed by atoms with Gasteiger partial charge in [0.15, 0.2) is 0 Å². The van der Waals surface area contributed by atoms with Gasteiger partial charge in [-0.1, -0.05) is 240 Å². The SMILES string of the molecule is CC/C=C\C/C=C\C/C=C\C/C=C\C/C=C\CCCC(CC(=O)NC(CO)C(O)CCCCCCCCCCCCCCCCCCC)OC(=O)CCCCCC/C=C/C/C=C/C/C=C/CC. The van der Waals surface area contributed by atoms with Crippen LogP contribution in [-0.2, 0) is 14.3 Å². The predicted octanol–water partition coefficient (Wildman–Crippen LogP) is 17.3. The summed E-state index contributed by atoms with van der Waals surface area (Å²) in [6.45, 7) is 6.25. The summed E-state index contributed by atoms with van der Waals surface area (Å²) in [6.07, 6.45) is 71.9. The molecule has 3 N–H and O–H groups in total. The fourth-order valence-corrected chi connectivity index (χ4v) is 8.01. The van der Waals surface area contributed by atoms with Gasteiger partial charge in [-0.15, -0.1) is 0 Å². The van der Waals surface area contributed by atoms with E-state index in [1.807, 2.05) is 0 Å². The van der Waals surface area contributed by atoms with Crippen molar-refractivity contribution >= 4 is 11.9 Å². The highest BCUT2D eigenvalue weighted by atomic mass is 16.5. The number of nitrogens with one attached hydrogen (secondary N) is 1. The van der Waals surface area contributed by atoms with Crippen molar-refractivity contribution in [1.29, 1.82) is 0 Å². The molecule has 0 fully saturated rings. The van der Waals surface area contributed by atoms with Crippen LogP contribution < -0.4 is 5.32 Å². The Morgan fingerprint density at radius 1 is 0.448 bits per heavy atom. The molecule has 0 aromatic rings. The van der Waals surface area contributed by atoms with Crippen molar-refractivity contribution in [3.05, 3.63) is 97.2 Å². The van der Waals surface area contributed by atoms with Crippen LogP contribution in [0.3, 0.4) is 0 Å². The van der Waals surface area contributed by atoms with Gasteiger partial charge >= 0.3 is 5.97 Å². The maximum absolute atomic E-state index is 13.3. The molecule has 0 aromatic heterocycles. The fraction of sp³-hybridized carbons (Fsp3) is 0.705. The number of aliphatic hydroxyl groups excluding tert-OH is 2. The summed E-state index contributed by atoms with van der Waals surface area (Å²) >= 11 is 0. The average molecular weight is 933 g/mol. The quantitative estimate of drug-likeness (QED) is 0.0321. The number of aliphatic hydroxyl groups is 2. The maximum atomic E-state index is 13.3. The Hall–Kier alpha value is -3.22. The van der Waals surface area contributed by atoms with Gasteiger partial charge in [0, 0.05) is 6.42 Å². The van der Waals surface area contributed by atoms with E-state index in [4.69, 9.17) is 4.74 Å². The van der Waals surface area contributed by atoms with Crippen LogP contribution in [0.2, 0.25) is 0 Å². The van der Waals surface area contributed by atoms with E-state index in [1.165, 1.54) is 89.9 Å². The van der Waals surface area contributed by atoms with E-state index in [2.05, 4.69) is 123 Å². The van der Waals surface area contributed by atoms with Gasteiger partial charge in [0.25, 0.3) is 0 Å². The van der Waals surface area contributed by atoms with E-state index in [-0.39, 0.29) is 24.9 Å². The first-order valence-electron chi connectivity index (χ1n) is 28.0. The van der Waals surface area contributed by atoms with Crippen molar-refractivity contribution in [1.82, 2.24) is 5.32 Å². The molecule has 6 nitrogen and oxygen atoms in total. The molecule has 1 amide bonds. The summed E-state index contributed by atoms with van der Waals surface area (Å²) in [5.41, 5.74) is 0. The summed E-state index contributed by atoms with van der Waals surface area (Å²) < 4.78 is 5.91. The number of allylic oxidation sites excluding steroid dienone is 16. The highest BCUT2D eigenvalue weighted by Gasteiger charge is 2.24. The first kappa shape index (κ1) is 63.8. The Bertz CT molecular complexity index is 1320. The molecule has 0 bridgehead atoms. The van der Waals surface area contributed by atoms with Crippen LogP contribution in [0.4, 0.5) is 0 Å². The number of hydrogen-bond donors (Lipinski definition) is 3. The van der Waals surface area contributed by atoms with Crippen LogP contribution in [0.1, 0.15) is 252 Å². The molecule has 384 valence electrons. The molecule has 3 unspecified atom stereocenters. The van der Waals surface area contributed by atoms with Crippen molar-refractivity contribution in [3.63, 3.8) is 0 Å². The zero-order chi connectivity index (χ0) is 48.8. The molecular formula is C61H105NO5. The molecule has 0 saturated carbocycles. The maximum Gasteiger partial charge on any atom is 0.306 e. The van der Waals surface area contributed by atoms with E-state index in [9.17, 15) is 19.8 Å². The van der Waals surface area contributed by atoms with E-state index in [0.717, 1.165) is 116 Å². The van der Waals surface area contributed by atoms with Crippen molar-refractivity contribution in [2.45, 2.75) is 270 Å². The minimum absolute atomic E-state index is 0.0245. The molecule has 67 heavy (non-hydrogen) atoms. The minimum atomic E-state index is -0.813. The molecule has 0 aliphatic heterocycles. The molecule has 0 aliphatic rings. The minimum Gasteiger partial charge on any atom is -0.462 e. The molecule has 0 aromatic carbocycles. The zero-order valence-electron chi connectivity index (χ0n) is 43.8. The second kappa shape index (κ2) is 53.7. The summed E-state index contributed by atoms with van der Waals surface area (Å²) in [6, 6.07) is -0.731. The second-order valence-electron chi connectivity index (χ2n) is 18.6. The van der Waals surface area contributed by atoms with Crippen LogP contribution in [0.5, 0.6) is 0 Å². The number of ether oxygens (including phenoxy) is 1. The topological polar surface area (TPSA) is 95.9 Å². The number of carbonyl (C=O) groups is 2. The molecule has 0 saturated heterocycles. The Labute approximate surface area is 414 Å². The fourth-order valence-electron chi connectivity index (χ4n) is 8.01. The Balaban J connectivity index is 4.68. The van der Waals surface area contributed by atoms with Gasteiger partial charge in [-0.25, -0.2) is 0 Å². The van der Waals surface area contributed by atoms with Crippen molar-refractivity contribution in [2.75, 3.05) is 6.61 Å². The third-order valence-corrected chi connectivity index (χ3v) is 12.2. The number of amides is 1. The van der Waals surface area contributed by atoms with Gasteiger partial charge in [0.1, 0.15) is 6.10 Å². The van der Waals surface area contributed by atoms with Crippen LogP contribution in [0.15, 0.2) is 97.2 Å². The molecule has 0 aliphatic carbocycles. The van der Waals surface area contributed by atoms with Gasteiger partial charge in [0.2, 0.25) is 5.91 Å². The Morgan fingerprint density at radius 2 is 0.821 bits per heavy atom. The van der Waals surface area contributed by atoms with Gasteiger partial charge in [0.05, 0.1) is 25.2 Å². The lowest BCUT2D eigenvalue weighted by atomic mass is 10.0. The number of rotatable bonds is 49. The molecule has 0 rings (SSSR count). The van der Waals surface area contributed by atoms with E-state index >= 15 is 0 Å². The zero-order valence-corrected chi connectivity index (χ0v) is 43.8. The van der Waals surface area contributed by atoms with Gasteiger partial charge in [-0.3, -0.25) is 9.59 Å². The molecule has 3 atom stereocenters. The third kappa shape index (κ3) is 49.0. The van der Waals surface area contributed by atoms with Crippen LogP contribution >= 0.6 is 0 Å². The van der Waals surface area contributed by atoms with Gasteiger partial charge in [-0.2, -0.15) is 0 Å². The van der Waals surface area contributed by atoms with Crippen molar-refractivity contribution in [3.8, 4) is 0 Å². The smallest absolute Gasteiger partial charge is 0.306 e. The monoisotopic (exact) mass is 932 g/mol. The first-order valence-corrected chi connectivity index (χ1v) is 28.0. The highest BCUT2D eigenvalue weighted by molar-refractivity contribution is 5.77. The lowest BCUT2D eigenvalue weighted by Crippen LogP contribution is -2.46. The summed E-state index contributed by atoms with van der Waals surface area (Å²) in [5, 5.41) is 23.9. The highest BCUT2D eigenvalue weighted by Crippen LogP contribution is 2.17. The summed E-state index contributed by atoms with van der Waals surface area (Å²) in [7, 11) is 0. The molecule has 0 spiro atoms. The summed E-state index contributed by atoms with van der Waals surface area (Å²) in [5.74, 6) is -0.559. The standard InChI is InChI=1S/C61H105NO5/c1-4-7-10-13-16-19-22-25-28-30-32-34-37-40-43-46-49-52-57(67-61(66)54-51-48-45-42-39-36-27-24-21-18-15-12-9-6-3)55-60(65)62-58(56-63)59(64)53-50-47-44-41-38-35-33-31-29-26-23-20-17-14-11-8-5-2/h7,9-10,12,16,18-19,21,25,27-28,32,34,36,40,43,57-59,63-64H,4-6,8,11,13-15,17,20,22-24,26,29-31,33,35,37-39,41-42,44-56H2,1-3H3,(H,62,65)/b10-7-,12-9+,19-16-,21-18+,28-25-,34-32-,36-27+,43-40-. The van der Waals surface area contributed by atoms with Crippen LogP contribution in [0, 0.1) is 0 Å². The number of unbranched alkanes of at least 4 members (excludes halogenated alkanes) is 21. The van der Waals surface area contributed by atoms with Gasteiger partial charge in [-0.05, 0) is 96.3 Å². The van der Waals surface area contributed by atoms with E-state index < -0.39 is 18.2 Å². The molecule has 0 heterocycles. The molecule has 6 heteroatoms. The number of hydrogen-bond acceptors (Lipinski definition) is 5. The van der Waals surface area contributed by atoms with Crippen molar-refractivity contribution < 1.29 is 24.5 Å². The summed E-state index contributed by atoms with van der Waals surface area (Å²) in [4.78, 5) is 26.2. The normalized spacial score (nSPS) is 13.9. The van der Waals surface area contributed by atoms with E-state index in [0.29, 0.717) is 19.3 Å². The van der Waals surface area contributed by atoms with Crippen LogP contribution in [0.25, 0.3) is 0 Å². The second-order valence-corrected chi connectivity index (χ2v) is 18.6. The third-order valence-electron chi connectivity index (χ3n) is 12.2. The number of carbonyl (C=O) groups excluding carboxylic acids is 2. The van der Waals surface area contributed by atoms with Gasteiger partial charge < -0.3 is 20.3 Å². The first-order chi connectivity index (χ1) is 33.0. The predicted molar refractivity (Wildman–Crippen MR) is 291 cm³/mol. The molecular weight excluding hydrogens is 827 g/mol. The lowest BCUT2D eigenvalue weighted by Gasteiger charge is -2.24.